The molecule has 160 valence electrons. The van der Waals surface area contributed by atoms with E-state index in [1.807, 2.05) is 18.2 Å². The molecule has 1 saturated heterocycles. The molecule has 0 saturated carbocycles. The van der Waals surface area contributed by atoms with Crippen LogP contribution in [0, 0.1) is 5.82 Å². The number of carbonyl (C=O) groups excluding carboxylic acids is 1. The Morgan fingerprint density at radius 2 is 1.38 bits per heavy atom. The summed E-state index contributed by atoms with van der Waals surface area (Å²) in [6.07, 6.45) is 0. The normalized spacial score (nSPS) is 14.0. The van der Waals surface area contributed by atoms with E-state index in [-0.39, 0.29) is 23.0 Å². The van der Waals surface area contributed by atoms with Crippen molar-refractivity contribution >= 4 is 22.4 Å². The molecule has 0 radical (unpaired) electrons. The highest BCUT2D eigenvalue weighted by Gasteiger charge is 2.26. The Bertz CT molecular complexity index is 1330. The minimum Gasteiger partial charge on any atom is -0.368 e. The van der Waals surface area contributed by atoms with Crippen LogP contribution in [-0.2, 0) is 0 Å². The lowest BCUT2D eigenvalue weighted by Gasteiger charge is -2.36. The van der Waals surface area contributed by atoms with Gasteiger partial charge in [0.15, 0.2) is 5.69 Å². The van der Waals surface area contributed by atoms with Crippen molar-refractivity contribution in [1.82, 2.24) is 14.7 Å². The van der Waals surface area contributed by atoms with Crippen molar-refractivity contribution in [3.05, 3.63) is 101 Å². The van der Waals surface area contributed by atoms with E-state index >= 15 is 0 Å². The molecule has 1 amide bonds. The summed E-state index contributed by atoms with van der Waals surface area (Å²) in [5.74, 6) is -0.473. The molecule has 7 heteroatoms. The quantitative estimate of drug-likeness (QED) is 0.501. The van der Waals surface area contributed by atoms with E-state index in [0.29, 0.717) is 42.6 Å². The van der Waals surface area contributed by atoms with Crippen molar-refractivity contribution in [3.63, 3.8) is 0 Å². The summed E-state index contributed by atoms with van der Waals surface area (Å²) in [7, 11) is 0. The molecule has 5 rings (SSSR count). The SMILES string of the molecule is O=C(c1nn(-c2ccccc2)c(=O)c2ccccc12)N1CCN(c2ccc(F)cc2)CC1. The molecule has 0 spiro atoms. The third-order valence-corrected chi connectivity index (χ3v) is 5.77. The molecule has 4 aromatic rings. The van der Waals surface area contributed by atoms with Gasteiger partial charge < -0.3 is 9.80 Å². The van der Waals surface area contributed by atoms with Crippen LogP contribution in [-0.4, -0.2) is 46.8 Å². The molecule has 0 N–H and O–H groups in total. The minimum absolute atomic E-state index is 0.204. The molecular weight excluding hydrogens is 407 g/mol. The topological polar surface area (TPSA) is 58.4 Å². The van der Waals surface area contributed by atoms with Gasteiger partial charge in [-0.3, -0.25) is 9.59 Å². The van der Waals surface area contributed by atoms with Gasteiger partial charge in [0.2, 0.25) is 0 Å². The Morgan fingerprint density at radius 1 is 0.750 bits per heavy atom. The number of nitrogens with zero attached hydrogens (tertiary/aromatic N) is 4. The maximum atomic E-state index is 13.5. The molecule has 1 aliphatic heterocycles. The largest absolute Gasteiger partial charge is 0.368 e. The maximum absolute atomic E-state index is 13.5. The second kappa shape index (κ2) is 8.26. The number of hydrogen-bond donors (Lipinski definition) is 0. The van der Waals surface area contributed by atoms with Gasteiger partial charge in [0, 0.05) is 37.3 Å². The molecule has 32 heavy (non-hydrogen) atoms. The summed E-state index contributed by atoms with van der Waals surface area (Å²) in [5.41, 5.74) is 1.54. The number of piperazine rings is 1. The number of para-hydroxylation sites is 1. The van der Waals surface area contributed by atoms with E-state index in [4.69, 9.17) is 0 Å². The fourth-order valence-corrected chi connectivity index (χ4v) is 4.06. The van der Waals surface area contributed by atoms with Crippen LogP contribution in [0.3, 0.4) is 0 Å². The van der Waals surface area contributed by atoms with Gasteiger partial charge in [0.1, 0.15) is 5.82 Å². The Kier molecular flexibility index (Phi) is 5.15. The number of amides is 1. The average Bonchev–Trinajstić information content (AvgIpc) is 2.85. The number of fused-ring (bicyclic) bond motifs is 1. The van der Waals surface area contributed by atoms with E-state index in [1.54, 1.807) is 53.4 Å². The first-order valence-corrected chi connectivity index (χ1v) is 10.5. The highest BCUT2D eigenvalue weighted by molar-refractivity contribution is 6.05. The van der Waals surface area contributed by atoms with Gasteiger partial charge >= 0.3 is 0 Å². The smallest absolute Gasteiger partial charge is 0.279 e. The van der Waals surface area contributed by atoms with Crippen LogP contribution in [0.5, 0.6) is 0 Å². The van der Waals surface area contributed by atoms with E-state index in [0.717, 1.165) is 5.69 Å². The van der Waals surface area contributed by atoms with Gasteiger partial charge in [-0.2, -0.15) is 9.78 Å². The third kappa shape index (κ3) is 3.62. The summed E-state index contributed by atoms with van der Waals surface area (Å²) in [5, 5.41) is 5.50. The molecule has 3 aromatic carbocycles. The minimum atomic E-state index is -0.269. The van der Waals surface area contributed by atoms with Gasteiger partial charge in [-0.05, 0) is 42.5 Å². The number of halogens is 1. The highest BCUT2D eigenvalue weighted by atomic mass is 19.1. The lowest BCUT2D eigenvalue weighted by molar-refractivity contribution is 0.0741. The van der Waals surface area contributed by atoms with Crippen LogP contribution in [0.2, 0.25) is 0 Å². The molecule has 0 bridgehead atoms. The van der Waals surface area contributed by atoms with Gasteiger partial charge in [-0.25, -0.2) is 4.39 Å². The van der Waals surface area contributed by atoms with Crippen LogP contribution in [0.15, 0.2) is 83.7 Å². The Labute approximate surface area is 184 Å². The predicted octanol–water partition coefficient (Wildman–Crippen LogP) is 3.49. The molecule has 0 aliphatic carbocycles. The van der Waals surface area contributed by atoms with E-state index in [1.165, 1.54) is 16.8 Å². The summed E-state index contributed by atoms with van der Waals surface area (Å²) >= 11 is 0. The van der Waals surface area contributed by atoms with Crippen molar-refractivity contribution in [2.24, 2.45) is 0 Å². The lowest BCUT2D eigenvalue weighted by Crippen LogP contribution is -2.49. The Morgan fingerprint density at radius 3 is 2.06 bits per heavy atom. The summed E-state index contributed by atoms with van der Waals surface area (Å²) in [6, 6.07) is 22.6. The van der Waals surface area contributed by atoms with Gasteiger partial charge in [0.05, 0.1) is 11.1 Å². The Balaban J connectivity index is 1.47. The second-order valence-electron chi connectivity index (χ2n) is 7.70. The number of anilines is 1. The molecule has 0 unspecified atom stereocenters. The first-order chi connectivity index (χ1) is 15.6. The summed E-state index contributed by atoms with van der Waals surface area (Å²) in [6.45, 7) is 2.29. The van der Waals surface area contributed by atoms with Crippen LogP contribution in [0.4, 0.5) is 10.1 Å². The molecule has 1 fully saturated rings. The van der Waals surface area contributed by atoms with E-state index in [9.17, 15) is 14.0 Å². The zero-order valence-corrected chi connectivity index (χ0v) is 17.3. The number of benzene rings is 3. The van der Waals surface area contributed by atoms with E-state index in [2.05, 4.69) is 10.00 Å². The fraction of sp³-hybridized carbons (Fsp3) is 0.160. The molecule has 1 aliphatic rings. The lowest BCUT2D eigenvalue weighted by atomic mass is 10.1. The molecule has 1 aromatic heterocycles. The van der Waals surface area contributed by atoms with Gasteiger partial charge in [0.25, 0.3) is 11.5 Å². The monoisotopic (exact) mass is 428 g/mol. The summed E-state index contributed by atoms with van der Waals surface area (Å²) < 4.78 is 14.5. The molecule has 0 atom stereocenters. The van der Waals surface area contributed by atoms with Crippen molar-refractivity contribution < 1.29 is 9.18 Å². The van der Waals surface area contributed by atoms with Crippen molar-refractivity contribution in [2.45, 2.75) is 0 Å². The van der Waals surface area contributed by atoms with Crippen molar-refractivity contribution in [2.75, 3.05) is 31.1 Å². The fourth-order valence-electron chi connectivity index (χ4n) is 4.06. The van der Waals surface area contributed by atoms with Gasteiger partial charge in [-0.1, -0.05) is 36.4 Å². The van der Waals surface area contributed by atoms with Crippen LogP contribution in [0.25, 0.3) is 16.5 Å². The number of rotatable bonds is 3. The summed E-state index contributed by atoms with van der Waals surface area (Å²) in [4.78, 5) is 30.4. The van der Waals surface area contributed by atoms with Gasteiger partial charge in [-0.15, -0.1) is 0 Å². The molecule has 6 nitrogen and oxygen atoms in total. The average molecular weight is 428 g/mol. The maximum Gasteiger partial charge on any atom is 0.279 e. The number of carbonyl (C=O) groups is 1. The van der Waals surface area contributed by atoms with E-state index < -0.39 is 0 Å². The van der Waals surface area contributed by atoms with Crippen LogP contribution < -0.4 is 10.5 Å². The third-order valence-electron chi connectivity index (χ3n) is 5.77. The van der Waals surface area contributed by atoms with Crippen LogP contribution in [0.1, 0.15) is 10.5 Å². The molecular formula is C25H21FN4O2. The van der Waals surface area contributed by atoms with Crippen molar-refractivity contribution in [3.8, 4) is 5.69 Å². The van der Waals surface area contributed by atoms with Crippen molar-refractivity contribution in [1.29, 1.82) is 0 Å². The highest BCUT2D eigenvalue weighted by Crippen LogP contribution is 2.20. The zero-order chi connectivity index (χ0) is 22.1. The predicted molar refractivity (Wildman–Crippen MR) is 122 cm³/mol. The zero-order valence-electron chi connectivity index (χ0n) is 17.3. The first kappa shape index (κ1) is 19.9. The molecule has 2 heterocycles. The first-order valence-electron chi connectivity index (χ1n) is 10.5. The number of aromatic nitrogens is 2. The second-order valence-corrected chi connectivity index (χ2v) is 7.70. The van der Waals surface area contributed by atoms with Crippen LogP contribution >= 0.6 is 0 Å². The Hall–Kier alpha value is -4.00. The standard InChI is InChI=1S/C25H21FN4O2/c26-18-10-12-19(13-11-18)28-14-16-29(17-15-28)25(32)23-21-8-4-5-9-22(21)24(31)30(27-23)20-6-2-1-3-7-20/h1-13H,14-17H2. The number of hydrogen-bond acceptors (Lipinski definition) is 4.